The average Bonchev–Trinajstić information content (AvgIpc) is 2.90. The summed E-state index contributed by atoms with van der Waals surface area (Å²) in [6, 6.07) is 9.39. The van der Waals surface area contributed by atoms with Crippen LogP contribution < -0.4 is 16.0 Å². The summed E-state index contributed by atoms with van der Waals surface area (Å²) in [5, 5.41) is 20.2. The Balaban J connectivity index is 1.33. The Bertz CT molecular complexity index is 950. The molecule has 1 saturated heterocycles. The molecule has 2 aliphatic rings. The van der Waals surface area contributed by atoms with Gasteiger partial charge in [-0.3, -0.25) is 0 Å². The predicted molar refractivity (Wildman–Crippen MR) is 131 cm³/mol. The van der Waals surface area contributed by atoms with E-state index in [0.29, 0.717) is 31.8 Å². The molecule has 0 atom stereocenters. The predicted octanol–water partition coefficient (Wildman–Crippen LogP) is 3.23. The minimum Gasteiger partial charge on any atom is -0.383 e. The Morgan fingerprint density at radius 2 is 1.88 bits per heavy atom. The molecule has 0 spiro atoms. The van der Waals surface area contributed by atoms with Crippen molar-refractivity contribution in [2.45, 2.75) is 50.6 Å². The monoisotopic (exact) mass is 465 g/mol. The van der Waals surface area contributed by atoms with Crippen molar-refractivity contribution in [3.8, 4) is 17.3 Å². The normalized spacial score (nSPS) is 22.0. The molecule has 1 aliphatic carbocycles. The van der Waals surface area contributed by atoms with Crippen LogP contribution in [0.5, 0.6) is 0 Å². The molecule has 0 unspecified atom stereocenters. The summed E-state index contributed by atoms with van der Waals surface area (Å²) in [5.74, 6) is 1.59. The van der Waals surface area contributed by atoms with E-state index in [2.05, 4.69) is 37.0 Å². The second kappa shape index (κ2) is 12.1. The third kappa shape index (κ3) is 6.63. The maximum absolute atomic E-state index is 9.68. The van der Waals surface area contributed by atoms with Crippen molar-refractivity contribution in [2.24, 2.45) is 5.41 Å². The zero-order valence-electron chi connectivity index (χ0n) is 19.9. The van der Waals surface area contributed by atoms with E-state index < -0.39 is 5.41 Å². The number of aromatic nitrogens is 3. The molecule has 2 aromatic rings. The minimum absolute atomic E-state index is 0.403. The Morgan fingerprint density at radius 3 is 2.65 bits per heavy atom. The van der Waals surface area contributed by atoms with Gasteiger partial charge in [0.25, 0.3) is 0 Å². The Morgan fingerprint density at radius 1 is 1.09 bits per heavy atom. The Kier molecular flexibility index (Phi) is 8.63. The lowest BCUT2D eigenvalue weighted by atomic mass is 9.82. The summed E-state index contributed by atoms with van der Waals surface area (Å²) in [6.45, 7) is 3.48. The molecule has 0 bridgehead atoms. The van der Waals surface area contributed by atoms with Gasteiger partial charge in [0.05, 0.1) is 23.8 Å². The summed E-state index contributed by atoms with van der Waals surface area (Å²) in [6.07, 6.45) is 9.37. The van der Waals surface area contributed by atoms with Crippen LogP contribution in [0, 0.1) is 16.7 Å². The molecular formula is C25H35N7O2. The fraction of sp³-hybridized carbons (Fsp3) is 0.600. The molecule has 34 heavy (non-hydrogen) atoms. The van der Waals surface area contributed by atoms with Crippen molar-refractivity contribution < 1.29 is 9.47 Å². The summed E-state index contributed by atoms with van der Waals surface area (Å²) in [7, 11) is 1.74. The van der Waals surface area contributed by atoms with Crippen molar-refractivity contribution in [3.05, 3.63) is 30.7 Å². The van der Waals surface area contributed by atoms with Crippen molar-refractivity contribution >= 4 is 11.6 Å². The number of pyridine rings is 1. The number of nitrogens with zero attached hydrogens (tertiary/aromatic N) is 4. The van der Waals surface area contributed by atoms with Gasteiger partial charge in [-0.2, -0.15) is 5.26 Å². The van der Waals surface area contributed by atoms with Crippen LogP contribution in [0.2, 0.25) is 0 Å². The highest BCUT2D eigenvalue weighted by molar-refractivity contribution is 5.65. The summed E-state index contributed by atoms with van der Waals surface area (Å²) in [4.78, 5) is 13.4. The molecule has 4 rings (SSSR count). The smallest absolute Gasteiger partial charge is 0.130 e. The molecule has 3 N–H and O–H groups in total. The van der Waals surface area contributed by atoms with Gasteiger partial charge in [0.15, 0.2) is 0 Å². The molecule has 9 heteroatoms. The highest BCUT2D eigenvalue weighted by Gasteiger charge is 2.32. The zero-order valence-corrected chi connectivity index (χ0v) is 19.9. The van der Waals surface area contributed by atoms with E-state index in [4.69, 9.17) is 9.47 Å². The van der Waals surface area contributed by atoms with Gasteiger partial charge >= 0.3 is 0 Å². The maximum Gasteiger partial charge on any atom is 0.130 e. The maximum atomic E-state index is 9.68. The van der Waals surface area contributed by atoms with E-state index in [9.17, 15) is 5.26 Å². The Hall–Kier alpha value is -2.80. The second-order valence-electron chi connectivity index (χ2n) is 9.22. The zero-order chi connectivity index (χ0) is 23.6. The third-order valence-corrected chi connectivity index (χ3v) is 6.84. The number of nitrogens with one attached hydrogen (secondary N) is 3. The average molecular weight is 466 g/mol. The van der Waals surface area contributed by atoms with E-state index in [-0.39, 0.29) is 0 Å². The number of methoxy groups -OCH3 is 1. The SMILES string of the molecule is COCCNC1CCC(Nc2cc(-c3ccnc(NCC4(C#N)CCOCC4)c3)ncn2)CC1. The first-order valence-corrected chi connectivity index (χ1v) is 12.2. The standard InChI is InChI=1S/C25H35N7O2/c1-33-13-10-27-20-2-4-21(5-3-20)32-24-15-22(30-18-31-24)19-6-9-28-23(14-19)29-17-25(16-26)7-11-34-12-8-25/h6,9,14-15,18,20-21,27H,2-5,7-8,10-13,17H2,1H3,(H,28,29)(H,30,31,32). The lowest BCUT2D eigenvalue weighted by Crippen LogP contribution is -2.38. The first-order chi connectivity index (χ1) is 16.7. The van der Waals surface area contributed by atoms with Gasteiger partial charge in [0.2, 0.25) is 0 Å². The number of rotatable bonds is 10. The molecule has 3 heterocycles. The first kappa shape index (κ1) is 24.3. The van der Waals surface area contributed by atoms with Gasteiger partial charge in [-0.15, -0.1) is 0 Å². The largest absolute Gasteiger partial charge is 0.383 e. The van der Waals surface area contributed by atoms with Gasteiger partial charge in [0.1, 0.15) is 18.0 Å². The molecule has 2 aromatic heterocycles. The van der Waals surface area contributed by atoms with Gasteiger partial charge < -0.3 is 25.4 Å². The number of hydrogen-bond acceptors (Lipinski definition) is 9. The molecule has 1 saturated carbocycles. The van der Waals surface area contributed by atoms with E-state index >= 15 is 0 Å². The fourth-order valence-electron chi connectivity index (χ4n) is 4.65. The second-order valence-corrected chi connectivity index (χ2v) is 9.22. The lowest BCUT2D eigenvalue weighted by molar-refractivity contribution is 0.0455. The van der Waals surface area contributed by atoms with Crippen molar-refractivity contribution in [3.63, 3.8) is 0 Å². The number of anilines is 2. The highest BCUT2D eigenvalue weighted by atomic mass is 16.5. The molecule has 1 aliphatic heterocycles. The molecule has 0 aromatic carbocycles. The van der Waals surface area contributed by atoms with Crippen LogP contribution in [0.4, 0.5) is 11.6 Å². The van der Waals surface area contributed by atoms with Crippen LogP contribution in [0.3, 0.4) is 0 Å². The van der Waals surface area contributed by atoms with Crippen molar-refractivity contribution in [1.29, 1.82) is 5.26 Å². The molecule has 182 valence electrons. The van der Waals surface area contributed by atoms with E-state index in [1.165, 1.54) is 0 Å². The van der Waals surface area contributed by atoms with E-state index in [1.54, 1.807) is 19.6 Å². The van der Waals surface area contributed by atoms with E-state index in [0.717, 1.165) is 74.6 Å². The van der Waals surface area contributed by atoms with Gasteiger partial charge in [-0.05, 0) is 50.7 Å². The third-order valence-electron chi connectivity index (χ3n) is 6.84. The summed E-state index contributed by atoms with van der Waals surface area (Å²) < 4.78 is 10.5. The van der Waals surface area contributed by atoms with Crippen LogP contribution in [-0.4, -0.2) is 67.1 Å². The van der Waals surface area contributed by atoms with Gasteiger partial charge in [-0.25, -0.2) is 15.0 Å². The number of hydrogen-bond donors (Lipinski definition) is 3. The van der Waals surface area contributed by atoms with Crippen LogP contribution in [-0.2, 0) is 9.47 Å². The number of ether oxygens (including phenoxy) is 2. The molecule has 9 nitrogen and oxygen atoms in total. The molecule has 0 amide bonds. The van der Waals surface area contributed by atoms with Crippen LogP contribution in [0.15, 0.2) is 30.7 Å². The molecular weight excluding hydrogens is 430 g/mol. The molecule has 2 fully saturated rings. The van der Waals surface area contributed by atoms with Gasteiger partial charge in [0, 0.05) is 63.3 Å². The summed E-state index contributed by atoms with van der Waals surface area (Å²) >= 11 is 0. The first-order valence-electron chi connectivity index (χ1n) is 12.2. The highest BCUT2D eigenvalue weighted by Crippen LogP contribution is 2.30. The molecule has 0 radical (unpaired) electrons. The minimum atomic E-state index is -0.403. The van der Waals surface area contributed by atoms with Crippen LogP contribution >= 0.6 is 0 Å². The fourth-order valence-corrected chi connectivity index (χ4v) is 4.65. The Labute approximate surface area is 201 Å². The van der Waals surface area contributed by atoms with Gasteiger partial charge in [-0.1, -0.05) is 0 Å². The topological polar surface area (TPSA) is 117 Å². The van der Waals surface area contributed by atoms with Crippen molar-refractivity contribution in [1.82, 2.24) is 20.3 Å². The van der Waals surface area contributed by atoms with Crippen LogP contribution in [0.25, 0.3) is 11.3 Å². The van der Waals surface area contributed by atoms with Crippen LogP contribution in [0.1, 0.15) is 38.5 Å². The van der Waals surface area contributed by atoms with Crippen molar-refractivity contribution in [2.75, 3.05) is 50.7 Å². The number of nitriles is 1. The lowest BCUT2D eigenvalue weighted by Gasteiger charge is -2.30. The summed E-state index contributed by atoms with van der Waals surface area (Å²) in [5.41, 5.74) is 1.41. The quantitative estimate of drug-likeness (QED) is 0.455. The van der Waals surface area contributed by atoms with E-state index in [1.807, 2.05) is 18.2 Å².